The first-order valence-corrected chi connectivity index (χ1v) is 20.3. The minimum atomic E-state index is -2.24. The van der Waals surface area contributed by atoms with Crippen molar-refractivity contribution < 1.29 is 8.42 Å². The van der Waals surface area contributed by atoms with Crippen LogP contribution in [0.3, 0.4) is 0 Å². The van der Waals surface area contributed by atoms with Crippen molar-refractivity contribution in [2.45, 2.75) is 9.88 Å². The second-order valence-corrected chi connectivity index (χ2v) is 27.5. The average molecular weight is 378 g/mol. The average Bonchev–Trinajstić information content (AvgIpc) is 1.50. The summed E-state index contributed by atoms with van der Waals surface area (Å²) in [5.74, 6) is 0. The summed E-state index contributed by atoms with van der Waals surface area (Å²) in [6.07, 6.45) is 7.00. The van der Waals surface area contributed by atoms with Gasteiger partial charge in [-0.05, 0) is 0 Å². The molecule has 0 radical (unpaired) electrons. The Morgan fingerprint density at radius 3 is 0.846 bits per heavy atom. The van der Waals surface area contributed by atoms with Crippen molar-refractivity contribution in [2.24, 2.45) is 0 Å². The van der Waals surface area contributed by atoms with Gasteiger partial charge < -0.3 is 0 Å². The minimum absolute atomic E-state index is 0.361. The van der Waals surface area contributed by atoms with Gasteiger partial charge in [0.1, 0.15) is 0 Å². The van der Waals surface area contributed by atoms with Crippen LogP contribution >= 0.6 is 17.8 Å². The topological polar surface area (TPSA) is 42.8 Å². The summed E-state index contributed by atoms with van der Waals surface area (Å²) >= 11 is -2.24. The normalized spacial score (nSPS) is 10.0. The van der Waals surface area contributed by atoms with Crippen LogP contribution < -0.4 is 0 Å². The van der Waals surface area contributed by atoms with Crippen LogP contribution in [-0.2, 0) is 21.6 Å². The van der Waals surface area contributed by atoms with Crippen molar-refractivity contribution in [1.82, 2.24) is 0 Å². The molecule has 0 bridgehead atoms. The van der Waals surface area contributed by atoms with E-state index in [4.69, 9.17) is 26.3 Å². The molecule has 0 aliphatic rings. The Hall–Kier alpha value is 1.68. The van der Waals surface area contributed by atoms with Crippen LogP contribution in [0, 0.1) is 0 Å². The van der Waals surface area contributed by atoms with Crippen LogP contribution in [-0.4, -0.2) is 49.6 Å². The molecule has 0 unspecified atom stereocenters. The third-order valence-corrected chi connectivity index (χ3v) is 0. The zero-order chi connectivity index (χ0) is 11.7. The maximum absolute atomic E-state index is 8.08. The fraction of sp³-hybridized carbons (Fsp3) is 1.00. The van der Waals surface area contributed by atoms with Crippen LogP contribution in [0.4, 0.5) is 0 Å². The monoisotopic (exact) mass is 378 g/mol. The quantitative estimate of drug-likeness (QED) is 0.460. The van der Waals surface area contributed by atoms with Gasteiger partial charge in [0.05, 0.1) is 25.0 Å². The first-order chi connectivity index (χ1) is 5.46. The van der Waals surface area contributed by atoms with E-state index in [0.29, 0.717) is 0 Å². The molecule has 13 heavy (non-hydrogen) atoms. The summed E-state index contributed by atoms with van der Waals surface area (Å²) < 4.78 is 16.2. The Labute approximate surface area is 98.0 Å². The summed E-state index contributed by atoms with van der Waals surface area (Å²) in [7, 11) is 10.3. The second kappa shape index (κ2) is 11.8. The number of hydrogen-bond donors (Lipinski definition) is 0. The molecule has 0 aromatic carbocycles. The molecule has 2 N–H and O–H groups in total. The van der Waals surface area contributed by atoms with Crippen molar-refractivity contribution in [3.05, 3.63) is 0 Å². The molecular formula is C6H20Cl2O2S2Sn+2. The van der Waals surface area contributed by atoms with Gasteiger partial charge in [-0.1, -0.05) is 0 Å². The van der Waals surface area contributed by atoms with Gasteiger partial charge in [-0.3, -0.25) is 8.42 Å². The molecule has 0 saturated carbocycles. The Balaban J connectivity index is -0.000000117. The summed E-state index contributed by atoms with van der Waals surface area (Å²) in [6, 6.07) is 0. The maximum atomic E-state index is 8.08. The Morgan fingerprint density at radius 1 is 0.846 bits per heavy atom. The van der Waals surface area contributed by atoms with Crippen molar-refractivity contribution >= 4 is 55.6 Å². The van der Waals surface area contributed by atoms with Gasteiger partial charge in [-0.2, -0.15) is 0 Å². The van der Waals surface area contributed by atoms with Crippen molar-refractivity contribution in [3.8, 4) is 0 Å². The zero-order valence-corrected chi connectivity index (χ0v) is 15.0. The van der Waals surface area contributed by atoms with Crippen LogP contribution in [0.5, 0.6) is 0 Å². The van der Waals surface area contributed by atoms with Gasteiger partial charge in [0.25, 0.3) is 0 Å². The molecule has 7 heteroatoms. The third-order valence-electron chi connectivity index (χ3n) is 0. The van der Waals surface area contributed by atoms with Crippen LogP contribution in [0.1, 0.15) is 0 Å². The van der Waals surface area contributed by atoms with Crippen molar-refractivity contribution in [2.75, 3.05) is 25.0 Å². The Morgan fingerprint density at radius 2 is 0.846 bits per heavy atom. The molecule has 0 atom stereocenters. The van der Waals surface area contributed by atoms with Crippen molar-refractivity contribution in [3.63, 3.8) is 0 Å². The molecule has 0 saturated heterocycles. The molecule has 84 valence electrons. The van der Waals surface area contributed by atoms with Crippen molar-refractivity contribution in [1.29, 1.82) is 0 Å². The van der Waals surface area contributed by atoms with E-state index >= 15 is 0 Å². The van der Waals surface area contributed by atoms with Crippen LogP contribution in [0.25, 0.3) is 0 Å². The molecule has 2 nitrogen and oxygen atoms in total. The SMILES string of the molecule is CS(C)=[OH+].CS(C)=[OH+].[CH3][Sn]([CH3])([Cl])[Cl]. The molecule has 0 spiro atoms. The van der Waals surface area contributed by atoms with E-state index in [9.17, 15) is 0 Å². The van der Waals surface area contributed by atoms with E-state index in [2.05, 4.69) is 0 Å². The number of halogens is 2. The summed E-state index contributed by atoms with van der Waals surface area (Å²) in [4.78, 5) is 3.86. The van der Waals surface area contributed by atoms with E-state index in [1.807, 2.05) is 9.88 Å². The fourth-order valence-electron chi connectivity index (χ4n) is 0. The molecule has 0 aromatic heterocycles. The van der Waals surface area contributed by atoms with E-state index in [1.54, 1.807) is 25.0 Å². The van der Waals surface area contributed by atoms with E-state index < -0.39 is 16.1 Å². The van der Waals surface area contributed by atoms with E-state index in [0.717, 1.165) is 0 Å². The molecule has 0 aliphatic carbocycles. The Kier molecular flexibility index (Phi) is 18.2. The van der Waals surface area contributed by atoms with Gasteiger partial charge in [-0.25, -0.2) is 0 Å². The summed E-state index contributed by atoms with van der Waals surface area (Å²) in [5, 5.41) is 0. The van der Waals surface area contributed by atoms with E-state index in [1.165, 1.54) is 0 Å². The molecule has 0 rings (SSSR count). The van der Waals surface area contributed by atoms with Gasteiger partial charge in [0.15, 0.2) is 21.6 Å². The predicted octanol–water partition coefficient (Wildman–Crippen LogP) is 2.47. The predicted molar refractivity (Wildman–Crippen MR) is 71.5 cm³/mol. The van der Waals surface area contributed by atoms with E-state index in [-0.39, 0.29) is 21.6 Å². The standard InChI is InChI=1S/2C2H6OS.2CH3.2ClH.Sn/c2*1-4(2)3;;;;;/h2*1-2H3;2*1H3;2*1H;/q;;;;;;+2. The van der Waals surface area contributed by atoms with Gasteiger partial charge in [-0.15, -0.1) is 0 Å². The fourth-order valence-corrected chi connectivity index (χ4v) is 0. The van der Waals surface area contributed by atoms with Crippen LogP contribution in [0.2, 0.25) is 9.88 Å². The molecule has 0 aliphatic heterocycles. The van der Waals surface area contributed by atoms with Gasteiger partial charge >= 0.3 is 43.8 Å². The molecule has 0 fully saturated rings. The first-order valence-electron chi connectivity index (χ1n) is 3.38. The molecular weight excluding hydrogens is 358 g/mol. The summed E-state index contributed by atoms with van der Waals surface area (Å²) in [6.45, 7) is 0. The first kappa shape index (κ1) is 20.1. The van der Waals surface area contributed by atoms with Gasteiger partial charge in [0.2, 0.25) is 0 Å². The van der Waals surface area contributed by atoms with Gasteiger partial charge in [0, 0.05) is 0 Å². The second-order valence-electron chi connectivity index (χ2n) is 2.87. The van der Waals surface area contributed by atoms with Crippen LogP contribution in [0.15, 0.2) is 0 Å². The molecule has 0 aromatic rings. The summed E-state index contributed by atoms with van der Waals surface area (Å²) in [5.41, 5.74) is 0. The Bertz CT molecular complexity index is 133. The number of rotatable bonds is 0. The number of hydrogen-bond acceptors (Lipinski definition) is 0. The molecule has 0 heterocycles. The zero-order valence-electron chi connectivity index (χ0n) is 8.97. The third kappa shape index (κ3) is 662. The molecule has 0 amide bonds.